The van der Waals surface area contributed by atoms with Crippen molar-refractivity contribution in [3.63, 3.8) is 0 Å². The first-order chi connectivity index (χ1) is 8.96. The zero-order valence-corrected chi connectivity index (χ0v) is 11.7. The number of sulfonamides is 1. The average Bonchev–Trinajstić information content (AvgIpc) is 2.31. The van der Waals surface area contributed by atoms with E-state index in [1.54, 1.807) is 31.2 Å². The number of amides is 1. The Hall–Kier alpha value is -1.60. The number of nitrogens with two attached hydrogens (primary N) is 1. The van der Waals surface area contributed by atoms with Gasteiger partial charge >= 0.3 is 0 Å². The zero-order chi connectivity index (χ0) is 14.3. The monoisotopic (exact) mass is 285 g/mol. The molecule has 1 aromatic carbocycles. The quantitative estimate of drug-likeness (QED) is 0.699. The number of hydrogen-bond donors (Lipinski definition) is 3. The second kappa shape index (κ2) is 7.10. The van der Waals surface area contributed by atoms with Crippen LogP contribution in [0.15, 0.2) is 24.3 Å². The van der Waals surface area contributed by atoms with Crippen molar-refractivity contribution in [3.05, 3.63) is 24.3 Å². The molecule has 0 fully saturated rings. The largest absolute Gasteiger partial charge is 0.330 e. The highest BCUT2D eigenvalue weighted by molar-refractivity contribution is 7.92. The molecule has 0 aliphatic heterocycles. The van der Waals surface area contributed by atoms with Crippen LogP contribution in [0.3, 0.4) is 0 Å². The zero-order valence-electron chi connectivity index (χ0n) is 10.8. The molecule has 0 bridgehead atoms. The Morgan fingerprint density at radius 3 is 2.32 bits per heavy atom. The van der Waals surface area contributed by atoms with E-state index in [-0.39, 0.29) is 18.1 Å². The van der Waals surface area contributed by atoms with E-state index in [2.05, 4.69) is 10.0 Å². The van der Waals surface area contributed by atoms with Crippen molar-refractivity contribution < 1.29 is 13.2 Å². The number of benzene rings is 1. The highest BCUT2D eigenvalue weighted by atomic mass is 32.2. The molecular formula is C12H19N3O3S. The lowest BCUT2D eigenvalue weighted by Crippen LogP contribution is -2.17. The Morgan fingerprint density at radius 1 is 1.21 bits per heavy atom. The van der Waals surface area contributed by atoms with Gasteiger partial charge in [0, 0.05) is 24.3 Å². The van der Waals surface area contributed by atoms with Crippen molar-refractivity contribution in [2.24, 2.45) is 5.73 Å². The molecule has 7 heteroatoms. The Balaban J connectivity index is 2.64. The summed E-state index contributed by atoms with van der Waals surface area (Å²) in [6, 6.07) is 6.48. The summed E-state index contributed by atoms with van der Waals surface area (Å²) in [5, 5.41) is 2.66. The summed E-state index contributed by atoms with van der Waals surface area (Å²) in [7, 11) is -3.28. The van der Waals surface area contributed by atoms with Gasteiger partial charge in [-0.3, -0.25) is 9.52 Å². The van der Waals surface area contributed by atoms with Crippen LogP contribution in [0, 0.1) is 0 Å². The summed E-state index contributed by atoms with van der Waals surface area (Å²) in [6.07, 6.45) is 0.813. The standard InChI is InChI=1S/C12H19N3O3S/c1-2-9-19(17,18)15-11-5-3-10(4-6-11)14-12(16)7-8-13/h3-6,15H,2,7-9,13H2,1H3,(H,14,16). The van der Waals surface area contributed by atoms with Crippen LogP contribution in [0.2, 0.25) is 0 Å². The molecule has 0 radical (unpaired) electrons. The summed E-state index contributed by atoms with van der Waals surface area (Å²) in [5.74, 6) is -0.0797. The van der Waals surface area contributed by atoms with Gasteiger partial charge in [0.1, 0.15) is 0 Å². The summed E-state index contributed by atoms with van der Waals surface area (Å²) < 4.78 is 25.6. The maximum Gasteiger partial charge on any atom is 0.232 e. The first-order valence-corrected chi connectivity index (χ1v) is 7.72. The van der Waals surface area contributed by atoms with Gasteiger partial charge in [-0.25, -0.2) is 8.42 Å². The smallest absolute Gasteiger partial charge is 0.232 e. The van der Waals surface area contributed by atoms with E-state index in [0.717, 1.165) is 0 Å². The second-order valence-corrected chi connectivity index (χ2v) is 5.93. The molecule has 0 saturated carbocycles. The number of hydrogen-bond acceptors (Lipinski definition) is 4. The van der Waals surface area contributed by atoms with E-state index in [1.165, 1.54) is 0 Å². The Kier molecular flexibility index (Phi) is 5.78. The Morgan fingerprint density at radius 2 is 1.79 bits per heavy atom. The maximum atomic E-state index is 11.6. The highest BCUT2D eigenvalue weighted by Crippen LogP contribution is 2.15. The maximum absolute atomic E-state index is 11.6. The fourth-order valence-corrected chi connectivity index (χ4v) is 2.61. The van der Waals surface area contributed by atoms with E-state index in [1.807, 2.05) is 0 Å². The van der Waals surface area contributed by atoms with Crippen LogP contribution in [-0.2, 0) is 14.8 Å². The van der Waals surface area contributed by atoms with Crippen LogP contribution in [0.4, 0.5) is 11.4 Å². The molecule has 19 heavy (non-hydrogen) atoms. The predicted molar refractivity (Wildman–Crippen MR) is 76.4 cm³/mol. The molecule has 1 rings (SSSR count). The van der Waals surface area contributed by atoms with Crippen LogP contribution in [-0.4, -0.2) is 26.6 Å². The normalized spacial score (nSPS) is 11.1. The second-order valence-electron chi connectivity index (χ2n) is 4.09. The number of rotatable bonds is 7. The van der Waals surface area contributed by atoms with Gasteiger partial charge < -0.3 is 11.1 Å². The van der Waals surface area contributed by atoms with Gasteiger partial charge in [0.05, 0.1) is 5.75 Å². The highest BCUT2D eigenvalue weighted by Gasteiger charge is 2.08. The fourth-order valence-electron chi connectivity index (χ4n) is 1.48. The van der Waals surface area contributed by atoms with E-state index in [9.17, 15) is 13.2 Å². The lowest BCUT2D eigenvalue weighted by molar-refractivity contribution is -0.116. The van der Waals surface area contributed by atoms with Crippen LogP contribution in [0.5, 0.6) is 0 Å². The Bertz CT molecular complexity index is 512. The van der Waals surface area contributed by atoms with Gasteiger partial charge in [0.2, 0.25) is 15.9 Å². The minimum atomic E-state index is -3.28. The average molecular weight is 285 g/mol. The first-order valence-electron chi connectivity index (χ1n) is 6.07. The molecule has 106 valence electrons. The molecule has 0 heterocycles. The molecule has 0 saturated heterocycles. The number of carbonyl (C=O) groups is 1. The number of carbonyl (C=O) groups excluding carboxylic acids is 1. The van der Waals surface area contributed by atoms with Crippen LogP contribution in [0.1, 0.15) is 19.8 Å². The molecular weight excluding hydrogens is 266 g/mol. The van der Waals surface area contributed by atoms with E-state index in [4.69, 9.17) is 5.73 Å². The molecule has 6 nitrogen and oxygen atoms in total. The van der Waals surface area contributed by atoms with Gasteiger partial charge in [-0.05, 0) is 30.7 Å². The number of anilines is 2. The summed E-state index contributed by atoms with van der Waals surface area (Å²) in [5.41, 5.74) is 6.35. The summed E-state index contributed by atoms with van der Waals surface area (Å²) in [6.45, 7) is 2.09. The molecule has 0 aliphatic carbocycles. The third-order valence-corrected chi connectivity index (χ3v) is 3.78. The molecule has 0 unspecified atom stereocenters. The SMILES string of the molecule is CCCS(=O)(=O)Nc1ccc(NC(=O)CCN)cc1. The van der Waals surface area contributed by atoms with Crippen molar-refractivity contribution in [3.8, 4) is 0 Å². The predicted octanol–water partition coefficient (Wildman–Crippen LogP) is 1.13. The van der Waals surface area contributed by atoms with Crippen LogP contribution < -0.4 is 15.8 Å². The third kappa shape index (κ3) is 5.71. The first kappa shape index (κ1) is 15.5. The molecule has 4 N–H and O–H groups in total. The number of nitrogens with one attached hydrogen (secondary N) is 2. The van der Waals surface area contributed by atoms with Crippen molar-refractivity contribution in [2.75, 3.05) is 22.3 Å². The molecule has 0 atom stereocenters. The van der Waals surface area contributed by atoms with Crippen molar-refractivity contribution in [2.45, 2.75) is 19.8 Å². The topological polar surface area (TPSA) is 101 Å². The minimum Gasteiger partial charge on any atom is -0.330 e. The third-order valence-electron chi connectivity index (χ3n) is 2.29. The van der Waals surface area contributed by atoms with Gasteiger partial charge in [0.25, 0.3) is 0 Å². The molecule has 1 aromatic rings. The van der Waals surface area contributed by atoms with Gasteiger partial charge in [-0.2, -0.15) is 0 Å². The molecule has 0 spiro atoms. The van der Waals surface area contributed by atoms with Crippen LogP contribution in [0.25, 0.3) is 0 Å². The van der Waals surface area contributed by atoms with Crippen LogP contribution >= 0.6 is 0 Å². The minimum absolute atomic E-state index is 0.0853. The molecule has 0 aliphatic rings. The molecule has 1 amide bonds. The van der Waals surface area contributed by atoms with E-state index in [0.29, 0.717) is 24.3 Å². The van der Waals surface area contributed by atoms with Gasteiger partial charge in [0.15, 0.2) is 0 Å². The van der Waals surface area contributed by atoms with E-state index < -0.39 is 10.0 Å². The Labute approximate surface area is 113 Å². The lowest BCUT2D eigenvalue weighted by Gasteiger charge is -2.08. The summed E-state index contributed by atoms with van der Waals surface area (Å²) >= 11 is 0. The van der Waals surface area contributed by atoms with Crippen molar-refractivity contribution >= 4 is 27.3 Å². The fraction of sp³-hybridized carbons (Fsp3) is 0.417. The molecule has 0 aromatic heterocycles. The van der Waals surface area contributed by atoms with Crippen molar-refractivity contribution in [1.82, 2.24) is 0 Å². The summed E-state index contributed by atoms with van der Waals surface area (Å²) in [4.78, 5) is 11.3. The van der Waals surface area contributed by atoms with Gasteiger partial charge in [-0.15, -0.1) is 0 Å². The van der Waals surface area contributed by atoms with Crippen molar-refractivity contribution in [1.29, 1.82) is 0 Å². The van der Waals surface area contributed by atoms with Gasteiger partial charge in [-0.1, -0.05) is 6.92 Å². The van der Waals surface area contributed by atoms with E-state index >= 15 is 0 Å². The lowest BCUT2D eigenvalue weighted by atomic mass is 10.3.